The normalized spacial score (nSPS) is 15.4. The fourth-order valence-electron chi connectivity index (χ4n) is 2.81. The Morgan fingerprint density at radius 2 is 2.20 bits per heavy atom. The van der Waals surface area contributed by atoms with Crippen molar-refractivity contribution in [1.29, 1.82) is 0 Å². The minimum absolute atomic E-state index is 0.128. The molecule has 0 aromatic heterocycles. The van der Waals surface area contributed by atoms with Crippen LogP contribution in [0.4, 0.5) is 5.69 Å². The number of carbonyl (C=O) groups is 1. The van der Waals surface area contributed by atoms with Crippen LogP contribution in [0.15, 0.2) is 35.2 Å². The third-order valence-corrected chi connectivity index (χ3v) is 5.02. The lowest BCUT2D eigenvalue weighted by Crippen LogP contribution is -2.14. The summed E-state index contributed by atoms with van der Waals surface area (Å²) in [6.07, 6.45) is 2.92. The zero-order chi connectivity index (χ0) is 18.0. The molecule has 25 heavy (non-hydrogen) atoms. The van der Waals surface area contributed by atoms with Crippen molar-refractivity contribution in [2.75, 3.05) is 18.2 Å². The third kappa shape index (κ3) is 3.88. The fraction of sp³-hybridized carbons (Fsp3) is 0.316. The number of fused-ring (bicyclic) bond motifs is 1. The molecule has 0 saturated heterocycles. The average Bonchev–Trinajstić information content (AvgIpc) is 2.94. The van der Waals surface area contributed by atoms with Crippen LogP contribution in [0, 0.1) is 0 Å². The quantitative estimate of drug-likeness (QED) is 0.742. The van der Waals surface area contributed by atoms with Crippen LogP contribution in [-0.2, 0) is 6.42 Å². The van der Waals surface area contributed by atoms with Gasteiger partial charge in [0.15, 0.2) is 0 Å². The molecule has 1 N–H and O–H groups in total. The number of halogens is 1. The van der Waals surface area contributed by atoms with Crippen molar-refractivity contribution in [3.63, 3.8) is 0 Å². The molecule has 1 amide bonds. The summed E-state index contributed by atoms with van der Waals surface area (Å²) in [6.45, 7) is 4.45. The van der Waals surface area contributed by atoms with Crippen molar-refractivity contribution < 1.29 is 14.3 Å². The van der Waals surface area contributed by atoms with Crippen molar-refractivity contribution in [3.05, 3.63) is 46.5 Å². The molecule has 1 aliphatic rings. The molecule has 0 aliphatic carbocycles. The number of nitrogens with one attached hydrogen (secondary N) is 1. The molecule has 4 nitrogen and oxygen atoms in total. The van der Waals surface area contributed by atoms with E-state index < -0.39 is 0 Å². The van der Waals surface area contributed by atoms with Crippen molar-refractivity contribution in [2.45, 2.75) is 31.3 Å². The first-order chi connectivity index (χ1) is 12.0. The van der Waals surface area contributed by atoms with E-state index in [0.717, 1.165) is 22.6 Å². The first-order valence-electron chi connectivity index (χ1n) is 8.13. The Hall–Kier alpha value is -1.85. The van der Waals surface area contributed by atoms with Gasteiger partial charge < -0.3 is 14.8 Å². The maximum atomic E-state index is 12.7. The van der Waals surface area contributed by atoms with Crippen LogP contribution in [0.3, 0.4) is 0 Å². The molecule has 0 saturated carbocycles. The zero-order valence-corrected chi connectivity index (χ0v) is 16.0. The maximum absolute atomic E-state index is 12.7. The van der Waals surface area contributed by atoms with E-state index in [4.69, 9.17) is 21.1 Å². The molecule has 0 bridgehead atoms. The first kappa shape index (κ1) is 18.0. The molecule has 2 aromatic rings. The summed E-state index contributed by atoms with van der Waals surface area (Å²) in [7, 11) is 0. The Labute approximate surface area is 156 Å². The van der Waals surface area contributed by atoms with Crippen LogP contribution in [0.25, 0.3) is 0 Å². The summed E-state index contributed by atoms with van der Waals surface area (Å²) in [5.41, 5.74) is 2.12. The highest BCUT2D eigenvalue weighted by atomic mass is 35.5. The van der Waals surface area contributed by atoms with Gasteiger partial charge in [0.2, 0.25) is 0 Å². The summed E-state index contributed by atoms with van der Waals surface area (Å²) in [5, 5.41) is 3.33. The predicted molar refractivity (Wildman–Crippen MR) is 103 cm³/mol. The van der Waals surface area contributed by atoms with Crippen molar-refractivity contribution in [2.24, 2.45) is 0 Å². The minimum Gasteiger partial charge on any atom is -0.492 e. The van der Waals surface area contributed by atoms with Gasteiger partial charge >= 0.3 is 0 Å². The molecule has 0 spiro atoms. The second-order valence-corrected chi connectivity index (χ2v) is 7.11. The second kappa shape index (κ2) is 7.58. The lowest BCUT2D eigenvalue weighted by atomic mass is 10.1. The largest absolute Gasteiger partial charge is 0.492 e. The van der Waals surface area contributed by atoms with Crippen LogP contribution >= 0.6 is 23.4 Å². The van der Waals surface area contributed by atoms with Gasteiger partial charge in [-0.05, 0) is 44.4 Å². The highest BCUT2D eigenvalue weighted by Gasteiger charge is 2.23. The lowest BCUT2D eigenvalue weighted by molar-refractivity contribution is 0.102. The van der Waals surface area contributed by atoms with Gasteiger partial charge in [-0.2, -0.15) is 0 Å². The van der Waals surface area contributed by atoms with Gasteiger partial charge in [0.25, 0.3) is 5.91 Å². The highest BCUT2D eigenvalue weighted by molar-refractivity contribution is 7.98. The standard InChI is InChI=1S/C19H20ClNO3S/c1-4-23-18-8-12-7-11(2)24-17(12)10-16(18)21-19(22)14-9-13(25-3)5-6-15(14)20/h5-6,8-11H,4,7H2,1-3H3,(H,21,22). The van der Waals surface area contributed by atoms with Crippen molar-refractivity contribution in [1.82, 2.24) is 0 Å². The molecule has 0 radical (unpaired) electrons. The van der Waals surface area contributed by atoms with Gasteiger partial charge in [0.1, 0.15) is 17.6 Å². The Bertz CT molecular complexity index is 809. The van der Waals surface area contributed by atoms with Crippen molar-refractivity contribution >= 4 is 35.0 Å². The van der Waals surface area contributed by atoms with E-state index >= 15 is 0 Å². The predicted octanol–water partition coefficient (Wildman–Crippen LogP) is 5.04. The number of amides is 1. The Kier molecular flexibility index (Phi) is 5.45. The van der Waals surface area contributed by atoms with E-state index in [9.17, 15) is 4.79 Å². The van der Waals surface area contributed by atoms with Gasteiger partial charge in [-0.15, -0.1) is 11.8 Å². The maximum Gasteiger partial charge on any atom is 0.257 e. The molecule has 0 fully saturated rings. The van der Waals surface area contributed by atoms with E-state index in [-0.39, 0.29) is 12.0 Å². The molecular weight excluding hydrogens is 358 g/mol. The third-order valence-electron chi connectivity index (χ3n) is 3.96. The van der Waals surface area contributed by atoms with E-state index in [1.807, 2.05) is 38.3 Å². The smallest absolute Gasteiger partial charge is 0.257 e. The number of benzene rings is 2. The van der Waals surface area contributed by atoms with Crippen LogP contribution in [0.5, 0.6) is 11.5 Å². The van der Waals surface area contributed by atoms with E-state index in [0.29, 0.717) is 28.6 Å². The van der Waals surface area contributed by atoms with Gasteiger partial charge in [0.05, 0.1) is 22.9 Å². The number of thioether (sulfide) groups is 1. The number of rotatable bonds is 5. The lowest BCUT2D eigenvalue weighted by Gasteiger charge is -2.14. The SMILES string of the molecule is CCOc1cc2c(cc1NC(=O)c1cc(SC)ccc1Cl)OC(C)C2. The number of hydrogen-bond donors (Lipinski definition) is 1. The molecule has 1 aliphatic heterocycles. The molecule has 1 unspecified atom stereocenters. The summed E-state index contributed by atoms with van der Waals surface area (Å²) in [6, 6.07) is 9.18. The summed E-state index contributed by atoms with van der Waals surface area (Å²) < 4.78 is 11.5. The van der Waals surface area contributed by atoms with Gasteiger partial charge in [-0.25, -0.2) is 0 Å². The first-order valence-corrected chi connectivity index (χ1v) is 9.73. The Balaban J connectivity index is 1.92. The van der Waals surface area contributed by atoms with Crippen LogP contribution < -0.4 is 14.8 Å². The number of carbonyl (C=O) groups excluding carboxylic acids is 1. The van der Waals surface area contributed by atoms with E-state index in [2.05, 4.69) is 5.32 Å². The molecular formula is C19H20ClNO3S. The summed E-state index contributed by atoms with van der Waals surface area (Å²) in [4.78, 5) is 13.7. The van der Waals surface area contributed by atoms with Gasteiger partial charge in [-0.3, -0.25) is 4.79 Å². The highest BCUT2D eigenvalue weighted by Crippen LogP contribution is 2.38. The monoisotopic (exact) mass is 377 g/mol. The summed E-state index contributed by atoms with van der Waals surface area (Å²) >= 11 is 7.76. The van der Waals surface area contributed by atoms with Crippen LogP contribution in [0.1, 0.15) is 29.8 Å². The molecule has 1 atom stereocenters. The molecule has 6 heteroatoms. The Morgan fingerprint density at radius 3 is 2.92 bits per heavy atom. The van der Waals surface area contributed by atoms with E-state index in [1.165, 1.54) is 0 Å². The molecule has 132 valence electrons. The van der Waals surface area contributed by atoms with Gasteiger partial charge in [0, 0.05) is 22.9 Å². The minimum atomic E-state index is -0.271. The number of hydrogen-bond acceptors (Lipinski definition) is 4. The average molecular weight is 378 g/mol. The second-order valence-electron chi connectivity index (χ2n) is 5.82. The number of ether oxygens (including phenoxy) is 2. The molecule has 2 aromatic carbocycles. The van der Waals surface area contributed by atoms with Crippen LogP contribution in [0.2, 0.25) is 5.02 Å². The Morgan fingerprint density at radius 1 is 1.40 bits per heavy atom. The zero-order valence-electron chi connectivity index (χ0n) is 14.4. The van der Waals surface area contributed by atoms with Gasteiger partial charge in [-0.1, -0.05) is 11.6 Å². The molecule has 3 rings (SSSR count). The van der Waals surface area contributed by atoms with E-state index in [1.54, 1.807) is 23.9 Å². The topological polar surface area (TPSA) is 47.6 Å². The molecule has 1 heterocycles. The van der Waals surface area contributed by atoms with Crippen molar-refractivity contribution in [3.8, 4) is 11.5 Å². The summed E-state index contributed by atoms with van der Waals surface area (Å²) in [5.74, 6) is 1.16. The fourth-order valence-corrected chi connectivity index (χ4v) is 3.45. The number of anilines is 1. The van der Waals surface area contributed by atoms with Crippen LogP contribution in [-0.4, -0.2) is 24.9 Å².